The number of hydrogen-bond acceptors (Lipinski definition) is 3. The highest BCUT2D eigenvalue weighted by atomic mass is 16.2. The van der Waals surface area contributed by atoms with E-state index in [0.717, 1.165) is 38.0 Å². The molecule has 0 aromatic carbocycles. The normalized spacial score (nSPS) is 26.2. The van der Waals surface area contributed by atoms with Gasteiger partial charge in [-0.2, -0.15) is 0 Å². The van der Waals surface area contributed by atoms with Gasteiger partial charge in [-0.25, -0.2) is 0 Å². The second-order valence-corrected chi connectivity index (χ2v) is 5.55. The van der Waals surface area contributed by atoms with Crippen LogP contribution in [-0.2, 0) is 4.79 Å². The molecule has 0 spiro atoms. The lowest BCUT2D eigenvalue weighted by molar-refractivity contribution is -0.126. The Bertz CT molecular complexity index is 310. The van der Waals surface area contributed by atoms with Crippen molar-refractivity contribution in [3.8, 4) is 0 Å². The maximum Gasteiger partial charge on any atom is 0.237 e. The van der Waals surface area contributed by atoms with Gasteiger partial charge in [-0.3, -0.25) is 9.69 Å². The van der Waals surface area contributed by atoms with Crippen LogP contribution in [0.5, 0.6) is 0 Å². The molecule has 2 heterocycles. The van der Waals surface area contributed by atoms with Gasteiger partial charge in [0.05, 0.1) is 6.04 Å². The van der Waals surface area contributed by atoms with Crippen molar-refractivity contribution in [1.82, 2.24) is 15.5 Å². The quantitative estimate of drug-likeness (QED) is 0.730. The number of carbonyl (C=O) groups excluding carboxylic acids is 1. The third-order valence-electron chi connectivity index (χ3n) is 3.94. The van der Waals surface area contributed by atoms with E-state index < -0.39 is 0 Å². The van der Waals surface area contributed by atoms with Crippen LogP contribution in [0.1, 0.15) is 32.6 Å². The zero-order valence-corrected chi connectivity index (χ0v) is 11.4. The molecular formula is C14H25N3O. The van der Waals surface area contributed by atoms with Gasteiger partial charge in [0.1, 0.15) is 0 Å². The van der Waals surface area contributed by atoms with Crippen LogP contribution in [0.3, 0.4) is 0 Å². The zero-order valence-electron chi connectivity index (χ0n) is 11.4. The molecule has 0 saturated carbocycles. The van der Waals surface area contributed by atoms with Crippen molar-refractivity contribution >= 4 is 5.91 Å². The van der Waals surface area contributed by atoms with E-state index in [1.165, 1.54) is 12.8 Å². The molecule has 18 heavy (non-hydrogen) atoms. The maximum atomic E-state index is 12.2. The lowest BCUT2D eigenvalue weighted by Crippen LogP contribution is -2.50. The molecule has 4 nitrogen and oxygen atoms in total. The Kier molecular flexibility index (Phi) is 4.78. The van der Waals surface area contributed by atoms with Crippen molar-refractivity contribution in [2.45, 2.75) is 44.7 Å². The van der Waals surface area contributed by atoms with E-state index in [2.05, 4.69) is 22.1 Å². The first-order chi connectivity index (χ1) is 8.68. The van der Waals surface area contributed by atoms with Crippen LogP contribution in [0.25, 0.3) is 0 Å². The summed E-state index contributed by atoms with van der Waals surface area (Å²) in [5.41, 5.74) is 1.01. The predicted octanol–water partition coefficient (Wildman–Crippen LogP) is 0.895. The molecule has 0 aliphatic carbocycles. The predicted molar refractivity (Wildman–Crippen MR) is 73.4 cm³/mol. The van der Waals surface area contributed by atoms with Crippen LogP contribution in [0, 0.1) is 0 Å². The molecule has 1 unspecified atom stereocenters. The summed E-state index contributed by atoms with van der Waals surface area (Å²) in [6.45, 7) is 9.62. The molecule has 1 amide bonds. The standard InChI is InChI=1S/C14H25N3O/c1-11(2)10-16-14(18)13-4-3-9-17(13)12-5-7-15-8-6-12/h12-13,15H,1,3-10H2,2H3,(H,16,18). The maximum absolute atomic E-state index is 12.2. The van der Waals surface area contributed by atoms with E-state index >= 15 is 0 Å². The zero-order chi connectivity index (χ0) is 13.0. The first kappa shape index (κ1) is 13.6. The molecule has 2 N–H and O–H groups in total. The monoisotopic (exact) mass is 251 g/mol. The summed E-state index contributed by atoms with van der Waals surface area (Å²) >= 11 is 0. The van der Waals surface area contributed by atoms with Crippen molar-refractivity contribution in [3.63, 3.8) is 0 Å². The average Bonchev–Trinajstić information content (AvgIpc) is 2.86. The van der Waals surface area contributed by atoms with Gasteiger partial charge < -0.3 is 10.6 Å². The molecular weight excluding hydrogens is 226 g/mol. The number of amides is 1. The molecule has 102 valence electrons. The summed E-state index contributed by atoms with van der Waals surface area (Å²) in [4.78, 5) is 14.6. The molecule has 0 radical (unpaired) electrons. The van der Waals surface area contributed by atoms with Gasteiger partial charge in [0.2, 0.25) is 5.91 Å². The van der Waals surface area contributed by atoms with Crippen LogP contribution < -0.4 is 10.6 Å². The Morgan fingerprint density at radius 1 is 1.39 bits per heavy atom. The minimum Gasteiger partial charge on any atom is -0.351 e. The second kappa shape index (κ2) is 6.34. The number of nitrogens with zero attached hydrogens (tertiary/aromatic N) is 1. The van der Waals surface area contributed by atoms with Gasteiger partial charge in [-0.15, -0.1) is 0 Å². The van der Waals surface area contributed by atoms with Crippen molar-refractivity contribution in [2.24, 2.45) is 0 Å². The summed E-state index contributed by atoms with van der Waals surface area (Å²) in [6.07, 6.45) is 4.50. The molecule has 0 bridgehead atoms. The minimum absolute atomic E-state index is 0.0902. The topological polar surface area (TPSA) is 44.4 Å². The Morgan fingerprint density at radius 2 is 2.11 bits per heavy atom. The van der Waals surface area contributed by atoms with Crippen molar-refractivity contribution in [2.75, 3.05) is 26.2 Å². The fourth-order valence-electron chi connectivity index (χ4n) is 3.00. The van der Waals surface area contributed by atoms with Crippen LogP contribution in [0.2, 0.25) is 0 Å². The average molecular weight is 251 g/mol. The van der Waals surface area contributed by atoms with Gasteiger partial charge in [-0.1, -0.05) is 12.2 Å². The minimum atomic E-state index is 0.0902. The second-order valence-electron chi connectivity index (χ2n) is 5.55. The van der Waals surface area contributed by atoms with Crippen LogP contribution in [-0.4, -0.2) is 49.1 Å². The Morgan fingerprint density at radius 3 is 2.78 bits per heavy atom. The molecule has 2 fully saturated rings. The van der Waals surface area contributed by atoms with Crippen LogP contribution in [0.15, 0.2) is 12.2 Å². The fourth-order valence-corrected chi connectivity index (χ4v) is 3.00. The smallest absolute Gasteiger partial charge is 0.237 e. The molecule has 1 atom stereocenters. The van der Waals surface area contributed by atoms with Gasteiger partial charge in [-0.05, 0) is 52.2 Å². The highest BCUT2D eigenvalue weighted by Crippen LogP contribution is 2.24. The number of carbonyl (C=O) groups is 1. The third-order valence-corrected chi connectivity index (χ3v) is 3.94. The largest absolute Gasteiger partial charge is 0.351 e. The van der Waals surface area contributed by atoms with Gasteiger partial charge in [0.25, 0.3) is 0 Å². The number of likely N-dealkylation sites (tertiary alicyclic amines) is 1. The van der Waals surface area contributed by atoms with E-state index in [1.54, 1.807) is 0 Å². The number of hydrogen-bond donors (Lipinski definition) is 2. The van der Waals surface area contributed by atoms with E-state index in [1.807, 2.05) is 6.92 Å². The van der Waals surface area contributed by atoms with E-state index in [-0.39, 0.29) is 11.9 Å². The Hall–Kier alpha value is -0.870. The molecule has 0 aromatic heterocycles. The molecule has 2 aliphatic rings. The summed E-state index contributed by atoms with van der Waals surface area (Å²) in [5, 5.41) is 6.38. The van der Waals surface area contributed by atoms with E-state index in [0.29, 0.717) is 12.6 Å². The van der Waals surface area contributed by atoms with Crippen LogP contribution in [0.4, 0.5) is 0 Å². The number of rotatable bonds is 4. The summed E-state index contributed by atoms with van der Waals surface area (Å²) in [6, 6.07) is 0.682. The van der Waals surface area contributed by atoms with Gasteiger partial charge in [0.15, 0.2) is 0 Å². The highest BCUT2D eigenvalue weighted by Gasteiger charge is 2.35. The Balaban J connectivity index is 1.89. The molecule has 0 aromatic rings. The summed E-state index contributed by atoms with van der Waals surface area (Å²) in [7, 11) is 0. The number of piperidine rings is 1. The third kappa shape index (κ3) is 3.33. The van der Waals surface area contributed by atoms with Crippen molar-refractivity contribution in [1.29, 1.82) is 0 Å². The lowest BCUT2D eigenvalue weighted by atomic mass is 10.0. The summed E-state index contributed by atoms with van der Waals surface area (Å²) in [5.74, 6) is 0.189. The van der Waals surface area contributed by atoms with E-state index in [4.69, 9.17) is 0 Å². The fraction of sp³-hybridized carbons (Fsp3) is 0.786. The molecule has 2 saturated heterocycles. The van der Waals surface area contributed by atoms with Gasteiger partial charge >= 0.3 is 0 Å². The van der Waals surface area contributed by atoms with Crippen molar-refractivity contribution in [3.05, 3.63) is 12.2 Å². The van der Waals surface area contributed by atoms with Crippen molar-refractivity contribution < 1.29 is 4.79 Å². The number of nitrogens with one attached hydrogen (secondary N) is 2. The Labute approximate surface area is 110 Å². The molecule has 2 rings (SSSR count). The highest BCUT2D eigenvalue weighted by molar-refractivity contribution is 5.82. The first-order valence-corrected chi connectivity index (χ1v) is 7.07. The first-order valence-electron chi connectivity index (χ1n) is 7.07. The van der Waals surface area contributed by atoms with Crippen LogP contribution >= 0.6 is 0 Å². The molecule has 4 heteroatoms. The SMILES string of the molecule is C=C(C)CNC(=O)C1CCCN1C1CCNCC1. The van der Waals surface area contributed by atoms with Gasteiger partial charge in [0, 0.05) is 12.6 Å². The molecule has 2 aliphatic heterocycles. The summed E-state index contributed by atoms with van der Waals surface area (Å²) < 4.78 is 0. The lowest BCUT2D eigenvalue weighted by Gasteiger charge is -2.35. The van der Waals surface area contributed by atoms with E-state index in [9.17, 15) is 4.79 Å².